The van der Waals surface area contributed by atoms with E-state index in [2.05, 4.69) is 20.9 Å². The predicted octanol–water partition coefficient (Wildman–Crippen LogP) is 2.69. The van der Waals surface area contributed by atoms with Gasteiger partial charge in [-0.1, -0.05) is 39.4 Å². The van der Waals surface area contributed by atoms with E-state index >= 15 is 0 Å². The average molecular weight is 461 g/mol. The van der Waals surface area contributed by atoms with Gasteiger partial charge in [0.2, 0.25) is 0 Å². The summed E-state index contributed by atoms with van der Waals surface area (Å²) < 4.78 is 13.3. The zero-order valence-electron chi connectivity index (χ0n) is 14.5. The van der Waals surface area contributed by atoms with Gasteiger partial charge >= 0.3 is 5.97 Å². The summed E-state index contributed by atoms with van der Waals surface area (Å²) >= 11 is 4.74. The topological polar surface area (TPSA) is 90.1 Å². The molecule has 0 saturated heterocycles. The molecule has 1 N–H and O–H groups in total. The normalized spacial score (nSPS) is 12.0. The van der Waals surface area contributed by atoms with Crippen molar-refractivity contribution >= 4 is 55.3 Å². The predicted molar refractivity (Wildman–Crippen MR) is 109 cm³/mol. The highest BCUT2D eigenvalue weighted by atomic mass is 79.9. The van der Waals surface area contributed by atoms with Crippen LogP contribution in [0.4, 0.5) is 0 Å². The van der Waals surface area contributed by atoms with Crippen LogP contribution in [-0.4, -0.2) is 34.2 Å². The minimum atomic E-state index is -1.08. The molecule has 0 unspecified atom stereocenters. The van der Waals surface area contributed by atoms with Gasteiger partial charge in [-0.3, -0.25) is 4.79 Å². The Hall–Kier alpha value is -2.91. The number of aromatic nitrogens is 2. The van der Waals surface area contributed by atoms with E-state index in [0.717, 1.165) is 11.0 Å². The Morgan fingerprint density at radius 1 is 1.32 bits per heavy atom. The molecular formula is C19H13BrN2O5S. The largest absolute Gasteiger partial charge is 0.493 e. The van der Waals surface area contributed by atoms with E-state index < -0.39 is 12.6 Å². The first-order chi connectivity index (χ1) is 13.5. The summed E-state index contributed by atoms with van der Waals surface area (Å²) in [5.74, 6) is -0.419. The van der Waals surface area contributed by atoms with E-state index in [-0.39, 0.29) is 5.56 Å². The first kappa shape index (κ1) is 18.5. The second-order valence-electron chi connectivity index (χ2n) is 5.84. The Morgan fingerprint density at radius 2 is 2.11 bits per heavy atom. The maximum absolute atomic E-state index is 12.9. The van der Waals surface area contributed by atoms with Crippen LogP contribution < -0.4 is 19.6 Å². The van der Waals surface area contributed by atoms with Gasteiger partial charge < -0.3 is 14.6 Å². The van der Waals surface area contributed by atoms with Crippen LogP contribution in [-0.2, 0) is 4.79 Å². The molecular weight excluding hydrogens is 448 g/mol. The Bertz CT molecular complexity index is 1330. The van der Waals surface area contributed by atoms with E-state index in [9.17, 15) is 9.59 Å². The lowest BCUT2D eigenvalue weighted by atomic mass is 10.2. The number of para-hydroxylation sites is 2. The lowest BCUT2D eigenvalue weighted by molar-refractivity contribution is -0.139. The number of methoxy groups -OCH3 is 1. The summed E-state index contributed by atoms with van der Waals surface area (Å²) in [5.41, 5.74) is 2.10. The first-order valence-corrected chi connectivity index (χ1v) is 9.72. The molecule has 0 aliphatic heterocycles. The van der Waals surface area contributed by atoms with E-state index in [1.54, 1.807) is 22.6 Å². The second-order valence-corrected chi connectivity index (χ2v) is 7.70. The van der Waals surface area contributed by atoms with E-state index in [1.807, 2.05) is 24.3 Å². The molecule has 0 fully saturated rings. The quantitative estimate of drug-likeness (QED) is 0.492. The molecule has 2 aromatic carbocycles. The van der Waals surface area contributed by atoms with Crippen molar-refractivity contribution in [2.45, 2.75) is 0 Å². The molecule has 4 aromatic rings. The Kier molecular flexibility index (Phi) is 4.78. The van der Waals surface area contributed by atoms with Crippen LogP contribution in [0.1, 0.15) is 5.56 Å². The van der Waals surface area contributed by atoms with Crippen molar-refractivity contribution in [3.63, 3.8) is 0 Å². The average Bonchev–Trinajstić information content (AvgIpc) is 3.18. The molecule has 0 radical (unpaired) electrons. The molecule has 0 atom stereocenters. The van der Waals surface area contributed by atoms with Gasteiger partial charge in [-0.2, -0.15) is 0 Å². The minimum Gasteiger partial charge on any atom is -0.493 e. The molecule has 0 spiro atoms. The Morgan fingerprint density at radius 3 is 2.86 bits per heavy atom. The van der Waals surface area contributed by atoms with Crippen molar-refractivity contribution in [3.05, 3.63) is 61.3 Å². The zero-order chi connectivity index (χ0) is 19.8. The van der Waals surface area contributed by atoms with E-state index in [1.165, 1.54) is 18.4 Å². The maximum Gasteiger partial charge on any atom is 0.341 e. The number of imidazole rings is 1. The second kappa shape index (κ2) is 7.25. The molecule has 2 aromatic heterocycles. The van der Waals surface area contributed by atoms with Crippen LogP contribution >= 0.6 is 27.3 Å². The van der Waals surface area contributed by atoms with Gasteiger partial charge in [0.1, 0.15) is 0 Å². The number of carboxylic acid groups (broad SMARTS) is 1. The molecule has 2 heterocycles. The molecule has 0 amide bonds. The number of fused-ring (bicyclic) bond motifs is 3. The number of hydrogen-bond donors (Lipinski definition) is 1. The summed E-state index contributed by atoms with van der Waals surface area (Å²) in [5, 5.41) is 8.79. The van der Waals surface area contributed by atoms with E-state index in [4.69, 9.17) is 14.6 Å². The van der Waals surface area contributed by atoms with Crippen molar-refractivity contribution in [1.82, 2.24) is 9.38 Å². The minimum absolute atomic E-state index is 0.147. The van der Waals surface area contributed by atoms with Gasteiger partial charge in [0.25, 0.3) is 5.56 Å². The van der Waals surface area contributed by atoms with Crippen molar-refractivity contribution in [1.29, 1.82) is 0 Å². The van der Waals surface area contributed by atoms with Crippen LogP contribution in [0.2, 0.25) is 0 Å². The van der Waals surface area contributed by atoms with Gasteiger partial charge in [0, 0.05) is 4.47 Å². The Balaban J connectivity index is 1.83. The zero-order valence-corrected chi connectivity index (χ0v) is 16.9. The molecule has 28 heavy (non-hydrogen) atoms. The summed E-state index contributed by atoms with van der Waals surface area (Å²) in [6, 6.07) is 10.8. The fourth-order valence-corrected chi connectivity index (χ4v) is 4.24. The van der Waals surface area contributed by atoms with Gasteiger partial charge in [0.05, 0.1) is 22.7 Å². The lowest BCUT2D eigenvalue weighted by Gasteiger charge is -2.11. The van der Waals surface area contributed by atoms with Crippen LogP contribution in [0, 0.1) is 0 Å². The number of carbonyl (C=O) groups is 1. The smallest absolute Gasteiger partial charge is 0.341 e. The van der Waals surface area contributed by atoms with Crippen molar-refractivity contribution < 1.29 is 19.4 Å². The number of nitrogens with zero attached hydrogens (tertiary/aromatic N) is 2. The number of benzene rings is 2. The fourth-order valence-electron chi connectivity index (χ4n) is 2.83. The van der Waals surface area contributed by atoms with Gasteiger partial charge in [-0.15, -0.1) is 0 Å². The molecule has 142 valence electrons. The van der Waals surface area contributed by atoms with Gasteiger partial charge in [-0.25, -0.2) is 14.2 Å². The van der Waals surface area contributed by atoms with Crippen LogP contribution in [0.25, 0.3) is 22.1 Å². The lowest BCUT2D eigenvalue weighted by Crippen LogP contribution is -2.22. The van der Waals surface area contributed by atoms with Crippen LogP contribution in [0.15, 0.2) is 45.7 Å². The maximum atomic E-state index is 12.9. The number of thiazole rings is 1. The SMILES string of the molecule is COc1cc(C=c2sc3nc4ccccc4n3c2=O)c(Br)cc1OCC(=O)O. The first-order valence-electron chi connectivity index (χ1n) is 8.12. The number of rotatable bonds is 5. The summed E-state index contributed by atoms with van der Waals surface area (Å²) in [6.45, 7) is -0.480. The highest BCUT2D eigenvalue weighted by molar-refractivity contribution is 9.10. The molecule has 7 nitrogen and oxygen atoms in total. The molecule has 0 aliphatic rings. The summed E-state index contributed by atoms with van der Waals surface area (Å²) in [6.07, 6.45) is 1.74. The van der Waals surface area contributed by atoms with Crippen LogP contribution in [0.5, 0.6) is 11.5 Å². The molecule has 9 heteroatoms. The number of hydrogen-bond acceptors (Lipinski definition) is 6. The van der Waals surface area contributed by atoms with E-state index in [0.29, 0.717) is 31.0 Å². The van der Waals surface area contributed by atoms with Gasteiger partial charge in [-0.05, 0) is 35.9 Å². The molecule has 0 saturated carbocycles. The van der Waals surface area contributed by atoms with Crippen LogP contribution in [0.3, 0.4) is 0 Å². The summed E-state index contributed by atoms with van der Waals surface area (Å²) in [7, 11) is 1.46. The standard InChI is InChI=1S/C19H13BrN2O5S/c1-26-14-6-10(11(20)8-15(14)27-9-17(23)24)7-16-18(25)22-13-5-3-2-4-12(13)21-19(22)28-16/h2-8H,9H2,1H3,(H,23,24). The molecule has 0 aliphatic carbocycles. The number of aliphatic carboxylic acids is 1. The Labute approximate surface area is 170 Å². The number of ether oxygens (including phenoxy) is 2. The van der Waals surface area contributed by atoms with Crippen molar-refractivity contribution in [3.8, 4) is 11.5 Å². The highest BCUT2D eigenvalue weighted by Gasteiger charge is 2.13. The number of halogens is 1. The molecule has 4 rings (SSSR count). The fraction of sp³-hybridized carbons (Fsp3) is 0.105. The monoisotopic (exact) mass is 460 g/mol. The summed E-state index contributed by atoms with van der Waals surface area (Å²) in [4.78, 5) is 28.7. The third kappa shape index (κ3) is 3.23. The van der Waals surface area contributed by atoms with Crippen molar-refractivity contribution in [2.24, 2.45) is 0 Å². The third-order valence-electron chi connectivity index (χ3n) is 4.07. The van der Waals surface area contributed by atoms with Crippen molar-refractivity contribution in [2.75, 3.05) is 13.7 Å². The highest BCUT2D eigenvalue weighted by Crippen LogP contribution is 2.34. The number of carboxylic acids is 1. The third-order valence-corrected chi connectivity index (χ3v) is 5.72. The van der Waals surface area contributed by atoms with Gasteiger partial charge in [0.15, 0.2) is 23.1 Å². The molecule has 0 bridgehead atoms.